The molecule has 2 N–H and O–H groups in total. The van der Waals surface area contributed by atoms with E-state index in [0.717, 1.165) is 15.8 Å². The van der Waals surface area contributed by atoms with E-state index in [1.807, 2.05) is 13.0 Å². The molecule has 0 atom stereocenters. The zero-order valence-electron chi connectivity index (χ0n) is 10.5. The molecule has 1 aromatic carbocycles. The molecule has 102 valence electrons. The molecule has 2 rings (SSSR count). The lowest BCUT2D eigenvalue weighted by molar-refractivity contribution is -0.143. The molecule has 19 heavy (non-hydrogen) atoms. The van der Waals surface area contributed by atoms with Crippen molar-refractivity contribution in [1.82, 2.24) is 15.0 Å². The first-order valence-corrected chi connectivity index (χ1v) is 5.64. The predicted octanol–water partition coefficient (Wildman–Crippen LogP) is 2.36. The van der Waals surface area contributed by atoms with Crippen molar-refractivity contribution in [3.05, 3.63) is 40.7 Å². The average Bonchev–Trinajstić information content (AvgIpc) is 2.76. The molecule has 0 aliphatic rings. The van der Waals surface area contributed by atoms with Gasteiger partial charge in [-0.3, -0.25) is 0 Å². The van der Waals surface area contributed by atoms with Gasteiger partial charge in [-0.15, -0.1) is 5.10 Å². The second-order valence-corrected chi connectivity index (χ2v) is 4.22. The summed E-state index contributed by atoms with van der Waals surface area (Å²) in [6.07, 6.45) is -4.55. The van der Waals surface area contributed by atoms with Crippen LogP contribution in [0.3, 0.4) is 0 Å². The lowest BCUT2D eigenvalue weighted by atomic mass is 10.1. The fraction of sp³-hybridized carbons (Fsp3) is 0.333. The topological polar surface area (TPSA) is 56.7 Å². The van der Waals surface area contributed by atoms with Crippen LogP contribution in [0.2, 0.25) is 0 Å². The standard InChI is InChI=1S/C12H13F3N4/c1-7-4-3-5-10(8(7)2)19-11(12(13,14)15)9(6-16)17-18-19/h3-5H,6,16H2,1-2H3. The van der Waals surface area contributed by atoms with Gasteiger partial charge in [0.25, 0.3) is 0 Å². The second-order valence-electron chi connectivity index (χ2n) is 4.22. The molecule has 1 aromatic heterocycles. The van der Waals surface area contributed by atoms with E-state index in [1.54, 1.807) is 19.1 Å². The lowest BCUT2D eigenvalue weighted by Crippen LogP contribution is -2.17. The lowest BCUT2D eigenvalue weighted by Gasteiger charge is -2.13. The molecule has 0 bridgehead atoms. The van der Waals surface area contributed by atoms with Crippen LogP contribution in [0, 0.1) is 13.8 Å². The zero-order chi connectivity index (χ0) is 14.2. The van der Waals surface area contributed by atoms with Crippen LogP contribution in [0.4, 0.5) is 13.2 Å². The minimum Gasteiger partial charge on any atom is -0.325 e. The van der Waals surface area contributed by atoms with Crippen LogP contribution in [0.1, 0.15) is 22.5 Å². The third-order valence-electron chi connectivity index (χ3n) is 3.01. The SMILES string of the molecule is Cc1cccc(-n2nnc(CN)c2C(F)(F)F)c1C. The van der Waals surface area contributed by atoms with Gasteiger partial charge in [-0.1, -0.05) is 17.3 Å². The van der Waals surface area contributed by atoms with Crippen molar-refractivity contribution >= 4 is 0 Å². The minimum atomic E-state index is -4.55. The molecule has 0 aliphatic carbocycles. The van der Waals surface area contributed by atoms with Crippen LogP contribution in [0.5, 0.6) is 0 Å². The quantitative estimate of drug-likeness (QED) is 0.911. The molecule has 0 fully saturated rings. The molecular formula is C12H13F3N4. The molecule has 0 aliphatic heterocycles. The highest BCUT2D eigenvalue weighted by molar-refractivity contribution is 5.45. The van der Waals surface area contributed by atoms with E-state index in [0.29, 0.717) is 5.69 Å². The van der Waals surface area contributed by atoms with Gasteiger partial charge in [0.15, 0.2) is 5.69 Å². The van der Waals surface area contributed by atoms with E-state index < -0.39 is 11.9 Å². The van der Waals surface area contributed by atoms with Gasteiger partial charge in [-0.25, -0.2) is 4.68 Å². The Balaban J connectivity index is 2.70. The van der Waals surface area contributed by atoms with Crippen molar-refractivity contribution in [2.24, 2.45) is 5.73 Å². The summed E-state index contributed by atoms with van der Waals surface area (Å²) < 4.78 is 40.1. The summed E-state index contributed by atoms with van der Waals surface area (Å²) in [7, 11) is 0. The van der Waals surface area contributed by atoms with Crippen LogP contribution in [0.25, 0.3) is 5.69 Å². The van der Waals surface area contributed by atoms with Gasteiger partial charge >= 0.3 is 6.18 Å². The molecule has 0 saturated carbocycles. The molecule has 0 unspecified atom stereocenters. The van der Waals surface area contributed by atoms with Crippen LogP contribution in [0.15, 0.2) is 18.2 Å². The molecule has 0 amide bonds. The van der Waals surface area contributed by atoms with Crippen molar-refractivity contribution in [1.29, 1.82) is 0 Å². The Morgan fingerprint density at radius 1 is 1.26 bits per heavy atom. The van der Waals surface area contributed by atoms with Gasteiger partial charge in [0.05, 0.1) is 5.69 Å². The number of hydrogen-bond acceptors (Lipinski definition) is 3. The normalized spacial score (nSPS) is 11.9. The van der Waals surface area contributed by atoms with E-state index in [2.05, 4.69) is 10.3 Å². The fourth-order valence-electron chi connectivity index (χ4n) is 1.87. The Morgan fingerprint density at radius 2 is 1.95 bits per heavy atom. The largest absolute Gasteiger partial charge is 0.435 e. The zero-order valence-corrected chi connectivity index (χ0v) is 10.5. The number of alkyl halides is 3. The van der Waals surface area contributed by atoms with Gasteiger partial charge in [-0.2, -0.15) is 13.2 Å². The first kappa shape index (κ1) is 13.5. The Hall–Kier alpha value is -1.89. The summed E-state index contributed by atoms with van der Waals surface area (Å²) in [5.74, 6) is 0. The Morgan fingerprint density at radius 3 is 2.53 bits per heavy atom. The third kappa shape index (κ3) is 2.33. The predicted molar refractivity (Wildman–Crippen MR) is 63.7 cm³/mol. The highest BCUT2D eigenvalue weighted by Crippen LogP contribution is 2.33. The Kier molecular flexibility index (Phi) is 3.32. The van der Waals surface area contributed by atoms with E-state index in [1.165, 1.54) is 0 Å². The van der Waals surface area contributed by atoms with Crippen molar-refractivity contribution in [3.63, 3.8) is 0 Å². The highest BCUT2D eigenvalue weighted by atomic mass is 19.4. The van der Waals surface area contributed by atoms with Crippen molar-refractivity contribution < 1.29 is 13.2 Å². The molecule has 2 aromatic rings. The van der Waals surface area contributed by atoms with Gasteiger partial charge in [0.1, 0.15) is 5.69 Å². The molecule has 0 radical (unpaired) electrons. The first-order valence-electron chi connectivity index (χ1n) is 5.64. The first-order chi connectivity index (χ1) is 8.86. The number of benzene rings is 1. The summed E-state index contributed by atoms with van der Waals surface area (Å²) >= 11 is 0. The minimum absolute atomic E-state index is 0.256. The monoisotopic (exact) mass is 270 g/mol. The smallest absolute Gasteiger partial charge is 0.325 e. The van der Waals surface area contributed by atoms with E-state index >= 15 is 0 Å². The van der Waals surface area contributed by atoms with Crippen LogP contribution >= 0.6 is 0 Å². The highest BCUT2D eigenvalue weighted by Gasteiger charge is 2.39. The molecule has 4 nitrogen and oxygen atoms in total. The van der Waals surface area contributed by atoms with E-state index in [-0.39, 0.29) is 12.2 Å². The number of aromatic nitrogens is 3. The number of nitrogens with zero attached hydrogens (tertiary/aromatic N) is 3. The molecule has 1 heterocycles. The Labute approximate surface area is 108 Å². The summed E-state index contributed by atoms with van der Waals surface area (Å²) in [5, 5.41) is 7.11. The third-order valence-corrected chi connectivity index (χ3v) is 3.01. The average molecular weight is 270 g/mol. The van der Waals surface area contributed by atoms with Gasteiger partial charge in [-0.05, 0) is 31.0 Å². The van der Waals surface area contributed by atoms with Crippen molar-refractivity contribution in [2.45, 2.75) is 26.6 Å². The van der Waals surface area contributed by atoms with Crippen molar-refractivity contribution in [3.8, 4) is 5.69 Å². The summed E-state index contributed by atoms with van der Waals surface area (Å²) in [4.78, 5) is 0. The van der Waals surface area contributed by atoms with Crippen LogP contribution in [-0.4, -0.2) is 15.0 Å². The molecule has 7 heteroatoms. The molecular weight excluding hydrogens is 257 g/mol. The van der Waals surface area contributed by atoms with E-state index in [9.17, 15) is 13.2 Å². The molecule has 0 spiro atoms. The maximum Gasteiger partial charge on any atom is 0.435 e. The molecule has 0 saturated heterocycles. The van der Waals surface area contributed by atoms with E-state index in [4.69, 9.17) is 5.73 Å². The maximum atomic E-state index is 13.1. The number of halogens is 3. The summed E-state index contributed by atoms with van der Waals surface area (Å²) in [5.41, 5.74) is 6.09. The van der Waals surface area contributed by atoms with Crippen molar-refractivity contribution in [2.75, 3.05) is 0 Å². The fourth-order valence-corrected chi connectivity index (χ4v) is 1.87. The second kappa shape index (κ2) is 4.65. The van der Waals surface area contributed by atoms with Gasteiger partial charge in [0, 0.05) is 6.54 Å². The van der Waals surface area contributed by atoms with Crippen LogP contribution in [-0.2, 0) is 12.7 Å². The van der Waals surface area contributed by atoms with Crippen LogP contribution < -0.4 is 5.73 Å². The number of nitrogens with two attached hydrogens (primary N) is 1. The number of rotatable bonds is 2. The Bertz CT molecular complexity index is 602. The summed E-state index contributed by atoms with van der Waals surface area (Å²) in [6.45, 7) is 3.27. The van der Waals surface area contributed by atoms with Gasteiger partial charge in [0.2, 0.25) is 0 Å². The maximum absolute atomic E-state index is 13.1. The number of hydrogen-bond donors (Lipinski definition) is 1. The van der Waals surface area contributed by atoms with Gasteiger partial charge < -0.3 is 5.73 Å². The number of aryl methyl sites for hydroxylation is 1. The summed E-state index contributed by atoms with van der Waals surface area (Å²) in [6, 6.07) is 5.08.